The molecule has 148 valence electrons. The van der Waals surface area contributed by atoms with Crippen molar-refractivity contribution in [3.63, 3.8) is 0 Å². The van der Waals surface area contributed by atoms with E-state index in [0.29, 0.717) is 17.6 Å². The van der Waals surface area contributed by atoms with E-state index < -0.39 is 0 Å². The number of allylic oxidation sites excluding steroid dienone is 2. The molecule has 0 saturated heterocycles. The van der Waals surface area contributed by atoms with Crippen molar-refractivity contribution in [3.05, 3.63) is 34.4 Å². The van der Waals surface area contributed by atoms with Gasteiger partial charge in [0.15, 0.2) is 0 Å². The molecule has 3 atom stereocenters. The molecule has 1 unspecified atom stereocenters. The molecule has 0 aromatic heterocycles. The van der Waals surface area contributed by atoms with E-state index in [2.05, 4.69) is 39.8 Å². The summed E-state index contributed by atoms with van der Waals surface area (Å²) in [6, 6.07) is 2.29. The second-order valence-corrected chi connectivity index (χ2v) is 9.79. The summed E-state index contributed by atoms with van der Waals surface area (Å²) in [7, 11) is 0. The predicted molar refractivity (Wildman–Crippen MR) is 112 cm³/mol. The van der Waals surface area contributed by atoms with Gasteiger partial charge in [-0.3, -0.25) is 0 Å². The van der Waals surface area contributed by atoms with Gasteiger partial charge in [-0.1, -0.05) is 44.3 Å². The maximum absolute atomic E-state index is 11.3. The van der Waals surface area contributed by atoms with Gasteiger partial charge in [0.1, 0.15) is 17.1 Å². The standard InChI is InChI=1S/C25H36O2/c1-5-6-7-8-17-10-11-19-18(14-17)15-22-23(24(19)26)20-13-16(2)9-12-21(20)25(3,4)27-22/h9,15,17,20-21,26H,5-8,10-14H2,1-4H3/t17?,20-,21-/m1/s1. The number of hydrogen-bond donors (Lipinski definition) is 1. The van der Waals surface area contributed by atoms with Gasteiger partial charge in [-0.15, -0.1) is 0 Å². The number of hydrogen-bond acceptors (Lipinski definition) is 2. The average molecular weight is 369 g/mol. The van der Waals surface area contributed by atoms with E-state index in [4.69, 9.17) is 4.74 Å². The van der Waals surface area contributed by atoms with Crippen molar-refractivity contribution in [3.8, 4) is 11.5 Å². The molecule has 0 spiro atoms. The molecular formula is C25H36O2. The van der Waals surface area contributed by atoms with Crippen LogP contribution in [0.15, 0.2) is 17.7 Å². The van der Waals surface area contributed by atoms with Crippen molar-refractivity contribution < 1.29 is 9.84 Å². The van der Waals surface area contributed by atoms with Gasteiger partial charge in [-0.05, 0) is 76.0 Å². The smallest absolute Gasteiger partial charge is 0.127 e. The second-order valence-electron chi connectivity index (χ2n) is 9.79. The Morgan fingerprint density at radius 2 is 2.04 bits per heavy atom. The predicted octanol–water partition coefficient (Wildman–Crippen LogP) is 6.69. The van der Waals surface area contributed by atoms with Crippen molar-refractivity contribution in [2.24, 2.45) is 11.8 Å². The highest BCUT2D eigenvalue weighted by Gasteiger charge is 2.46. The molecule has 4 rings (SSSR count). The zero-order valence-electron chi connectivity index (χ0n) is 17.6. The third kappa shape index (κ3) is 3.41. The van der Waals surface area contributed by atoms with Gasteiger partial charge in [-0.2, -0.15) is 0 Å². The summed E-state index contributed by atoms with van der Waals surface area (Å²) in [6.45, 7) is 8.96. The molecule has 0 bridgehead atoms. The van der Waals surface area contributed by atoms with Crippen LogP contribution in [0.4, 0.5) is 0 Å². The first-order valence-electron chi connectivity index (χ1n) is 11.1. The highest BCUT2D eigenvalue weighted by atomic mass is 16.5. The van der Waals surface area contributed by atoms with Crippen LogP contribution in [0.5, 0.6) is 11.5 Å². The highest BCUT2D eigenvalue weighted by Crippen LogP contribution is 2.55. The summed E-state index contributed by atoms with van der Waals surface area (Å²) in [5, 5.41) is 11.3. The monoisotopic (exact) mass is 368 g/mol. The molecule has 2 nitrogen and oxygen atoms in total. The Bertz CT molecular complexity index is 743. The van der Waals surface area contributed by atoms with E-state index in [0.717, 1.165) is 42.9 Å². The molecule has 0 saturated carbocycles. The molecule has 1 aromatic rings. The molecule has 1 heterocycles. The van der Waals surface area contributed by atoms with Crippen molar-refractivity contribution in [2.75, 3.05) is 0 Å². The number of benzene rings is 1. The van der Waals surface area contributed by atoms with E-state index in [9.17, 15) is 5.11 Å². The van der Waals surface area contributed by atoms with E-state index in [-0.39, 0.29) is 5.60 Å². The molecule has 0 fully saturated rings. The Labute approximate surface area is 165 Å². The Morgan fingerprint density at radius 3 is 2.81 bits per heavy atom. The van der Waals surface area contributed by atoms with Crippen LogP contribution in [-0.4, -0.2) is 10.7 Å². The highest BCUT2D eigenvalue weighted by molar-refractivity contribution is 5.58. The van der Waals surface area contributed by atoms with E-state index >= 15 is 0 Å². The fourth-order valence-corrected chi connectivity index (χ4v) is 5.84. The van der Waals surface area contributed by atoms with Crippen molar-refractivity contribution in [1.29, 1.82) is 0 Å². The van der Waals surface area contributed by atoms with Gasteiger partial charge in [0, 0.05) is 17.4 Å². The molecule has 0 amide bonds. The van der Waals surface area contributed by atoms with Crippen LogP contribution in [0.2, 0.25) is 0 Å². The summed E-state index contributed by atoms with van der Waals surface area (Å²) in [6.07, 6.45) is 13.1. The maximum atomic E-state index is 11.3. The van der Waals surface area contributed by atoms with Gasteiger partial charge < -0.3 is 9.84 Å². The van der Waals surface area contributed by atoms with Crippen LogP contribution in [-0.2, 0) is 12.8 Å². The first kappa shape index (κ1) is 18.9. The van der Waals surface area contributed by atoms with Crippen LogP contribution in [0.1, 0.15) is 95.2 Å². The van der Waals surface area contributed by atoms with Gasteiger partial charge in [0.05, 0.1) is 0 Å². The Balaban J connectivity index is 1.67. The molecule has 2 heteroatoms. The number of unbranched alkanes of at least 4 members (excludes halogenated alkanes) is 2. The van der Waals surface area contributed by atoms with Gasteiger partial charge in [0.2, 0.25) is 0 Å². The number of phenolic OH excluding ortho intramolecular Hbond substituents is 1. The molecule has 0 radical (unpaired) electrons. The van der Waals surface area contributed by atoms with Crippen LogP contribution in [0, 0.1) is 11.8 Å². The quantitative estimate of drug-likeness (QED) is 0.474. The van der Waals surface area contributed by atoms with Crippen molar-refractivity contribution in [2.45, 2.75) is 97.0 Å². The fraction of sp³-hybridized carbons (Fsp3) is 0.680. The largest absolute Gasteiger partial charge is 0.507 e. The minimum atomic E-state index is -0.176. The normalized spacial score (nSPS) is 28.4. The summed E-state index contributed by atoms with van der Waals surface area (Å²) in [5.41, 5.74) is 4.94. The topological polar surface area (TPSA) is 29.5 Å². The molecule has 2 aliphatic carbocycles. The minimum Gasteiger partial charge on any atom is -0.507 e. The molecule has 1 aliphatic heterocycles. The lowest BCUT2D eigenvalue weighted by Crippen LogP contribution is -2.45. The summed E-state index contributed by atoms with van der Waals surface area (Å²) in [4.78, 5) is 0. The van der Waals surface area contributed by atoms with Gasteiger partial charge in [0.25, 0.3) is 0 Å². The maximum Gasteiger partial charge on any atom is 0.127 e. The molecule has 27 heavy (non-hydrogen) atoms. The SMILES string of the molecule is CCCCCC1CCc2c(cc3c(c2O)[C@@H]2CC(C)=CC[C@H]2C(C)(C)O3)C1. The van der Waals surface area contributed by atoms with Gasteiger partial charge in [-0.25, -0.2) is 0 Å². The molecule has 3 aliphatic rings. The number of phenols is 1. The minimum absolute atomic E-state index is 0.176. The van der Waals surface area contributed by atoms with Crippen LogP contribution < -0.4 is 4.74 Å². The van der Waals surface area contributed by atoms with E-state index in [1.807, 2.05) is 0 Å². The molecule has 1 N–H and O–H groups in total. The summed E-state index contributed by atoms with van der Waals surface area (Å²) < 4.78 is 6.52. The lowest BCUT2D eigenvalue weighted by molar-refractivity contribution is 0.00737. The number of ether oxygens (including phenoxy) is 1. The zero-order chi connectivity index (χ0) is 19.2. The number of aromatic hydroxyl groups is 1. The summed E-state index contributed by atoms with van der Waals surface area (Å²) in [5.74, 6) is 3.13. The van der Waals surface area contributed by atoms with Crippen molar-refractivity contribution in [1.82, 2.24) is 0 Å². The van der Waals surface area contributed by atoms with Crippen LogP contribution >= 0.6 is 0 Å². The average Bonchev–Trinajstić information content (AvgIpc) is 2.61. The second kappa shape index (κ2) is 7.18. The van der Waals surface area contributed by atoms with E-state index in [1.165, 1.54) is 48.8 Å². The number of rotatable bonds is 4. The Kier molecular flexibility index (Phi) is 5.03. The van der Waals surface area contributed by atoms with Crippen molar-refractivity contribution >= 4 is 0 Å². The molecule has 1 aromatic carbocycles. The number of fused-ring (bicyclic) bond motifs is 4. The molecular weight excluding hydrogens is 332 g/mol. The Morgan fingerprint density at radius 1 is 1.22 bits per heavy atom. The van der Waals surface area contributed by atoms with E-state index in [1.54, 1.807) is 0 Å². The Hall–Kier alpha value is -1.44. The summed E-state index contributed by atoms with van der Waals surface area (Å²) >= 11 is 0. The third-order valence-corrected chi connectivity index (χ3v) is 7.41. The van der Waals surface area contributed by atoms with Crippen LogP contribution in [0.3, 0.4) is 0 Å². The van der Waals surface area contributed by atoms with Gasteiger partial charge >= 0.3 is 0 Å². The fourth-order valence-electron chi connectivity index (χ4n) is 5.84. The lowest BCUT2D eigenvalue weighted by Gasteiger charge is -2.47. The van der Waals surface area contributed by atoms with Crippen LogP contribution in [0.25, 0.3) is 0 Å². The third-order valence-electron chi connectivity index (χ3n) is 7.41. The lowest BCUT2D eigenvalue weighted by atomic mass is 9.66. The first-order valence-corrected chi connectivity index (χ1v) is 11.1. The zero-order valence-corrected chi connectivity index (χ0v) is 17.6. The first-order chi connectivity index (χ1) is 12.9.